The molecule has 17 heavy (non-hydrogen) atoms. The third-order valence-corrected chi connectivity index (χ3v) is 3.85. The summed E-state index contributed by atoms with van der Waals surface area (Å²) in [5, 5.41) is 7.35. The van der Waals surface area contributed by atoms with Crippen LogP contribution in [0.1, 0.15) is 27.6 Å². The summed E-state index contributed by atoms with van der Waals surface area (Å²) >= 11 is 1.72. The first kappa shape index (κ1) is 12.3. The molecule has 2 rings (SSSR count). The first-order valence-corrected chi connectivity index (χ1v) is 6.58. The summed E-state index contributed by atoms with van der Waals surface area (Å²) in [5.74, 6) is 0.906. The number of aryl methyl sites for hydroxylation is 3. The molecule has 0 spiro atoms. The van der Waals surface area contributed by atoms with Crippen molar-refractivity contribution in [1.82, 2.24) is 15.5 Å². The average molecular weight is 251 g/mol. The number of rotatable bonds is 5. The Kier molecular flexibility index (Phi) is 3.91. The van der Waals surface area contributed by atoms with E-state index in [1.807, 2.05) is 19.4 Å². The first-order valence-electron chi connectivity index (χ1n) is 5.70. The number of thiazole rings is 1. The minimum absolute atomic E-state index is 0.818. The monoisotopic (exact) mass is 251 g/mol. The molecule has 2 aromatic rings. The third kappa shape index (κ3) is 2.92. The van der Waals surface area contributed by atoms with Crippen LogP contribution in [0.15, 0.2) is 10.0 Å². The van der Waals surface area contributed by atoms with Gasteiger partial charge in [0.2, 0.25) is 0 Å². The number of aromatic nitrogens is 2. The number of hydrogen-bond donors (Lipinski definition) is 1. The molecular weight excluding hydrogens is 234 g/mol. The smallest absolute Gasteiger partial charge is 0.138 e. The topological polar surface area (TPSA) is 51.0 Å². The van der Waals surface area contributed by atoms with Gasteiger partial charge in [0.25, 0.3) is 0 Å². The van der Waals surface area contributed by atoms with Gasteiger partial charge < -0.3 is 9.84 Å². The second-order valence-electron chi connectivity index (χ2n) is 4.09. The van der Waals surface area contributed by atoms with Gasteiger partial charge in [-0.15, -0.1) is 11.3 Å². The molecule has 0 saturated heterocycles. The zero-order chi connectivity index (χ0) is 12.3. The van der Waals surface area contributed by atoms with E-state index < -0.39 is 0 Å². The molecule has 0 aromatic carbocycles. The van der Waals surface area contributed by atoms with E-state index in [2.05, 4.69) is 22.4 Å². The minimum atomic E-state index is 0.818. The van der Waals surface area contributed by atoms with Crippen molar-refractivity contribution in [3.8, 4) is 0 Å². The van der Waals surface area contributed by atoms with Gasteiger partial charge in [0, 0.05) is 23.5 Å². The Morgan fingerprint density at radius 1 is 1.29 bits per heavy atom. The minimum Gasteiger partial charge on any atom is -0.361 e. The molecule has 4 nitrogen and oxygen atoms in total. The molecule has 2 heterocycles. The van der Waals surface area contributed by atoms with Crippen LogP contribution < -0.4 is 5.32 Å². The molecule has 5 heteroatoms. The van der Waals surface area contributed by atoms with E-state index in [0.717, 1.165) is 36.7 Å². The Labute approximate surface area is 105 Å². The molecule has 1 N–H and O–H groups in total. The van der Waals surface area contributed by atoms with Gasteiger partial charge in [0.15, 0.2) is 0 Å². The van der Waals surface area contributed by atoms with Crippen LogP contribution in [0.4, 0.5) is 0 Å². The van der Waals surface area contributed by atoms with E-state index in [4.69, 9.17) is 4.52 Å². The predicted molar refractivity (Wildman–Crippen MR) is 68.2 cm³/mol. The van der Waals surface area contributed by atoms with Crippen LogP contribution in [0, 0.1) is 20.8 Å². The van der Waals surface area contributed by atoms with Crippen molar-refractivity contribution >= 4 is 11.3 Å². The van der Waals surface area contributed by atoms with E-state index >= 15 is 0 Å². The molecule has 0 saturated carbocycles. The Morgan fingerprint density at radius 2 is 2.12 bits per heavy atom. The fourth-order valence-corrected chi connectivity index (χ4v) is 2.52. The maximum Gasteiger partial charge on any atom is 0.138 e. The Balaban J connectivity index is 1.79. The summed E-state index contributed by atoms with van der Waals surface area (Å²) in [4.78, 5) is 5.60. The van der Waals surface area contributed by atoms with Crippen molar-refractivity contribution in [2.24, 2.45) is 0 Å². The predicted octanol–water partition coefficient (Wildman–Crippen LogP) is 2.39. The van der Waals surface area contributed by atoms with Gasteiger partial charge in [0.1, 0.15) is 5.76 Å². The van der Waals surface area contributed by atoms with Gasteiger partial charge >= 0.3 is 0 Å². The number of hydrogen-bond acceptors (Lipinski definition) is 5. The van der Waals surface area contributed by atoms with Gasteiger partial charge in [-0.05, 0) is 27.2 Å². The summed E-state index contributed by atoms with van der Waals surface area (Å²) in [6.07, 6.45) is 1.03. The van der Waals surface area contributed by atoms with Crippen molar-refractivity contribution in [3.63, 3.8) is 0 Å². The highest BCUT2D eigenvalue weighted by Crippen LogP contribution is 2.13. The van der Waals surface area contributed by atoms with Gasteiger partial charge in [0.05, 0.1) is 16.9 Å². The second-order valence-corrected chi connectivity index (χ2v) is 5.03. The summed E-state index contributed by atoms with van der Waals surface area (Å²) in [6, 6.07) is 0. The Hall–Kier alpha value is -1.20. The van der Waals surface area contributed by atoms with Crippen molar-refractivity contribution in [2.75, 3.05) is 6.54 Å². The number of nitrogens with zero attached hydrogens (tertiary/aromatic N) is 2. The normalized spacial score (nSPS) is 11.0. The van der Waals surface area contributed by atoms with Crippen LogP contribution in [-0.2, 0) is 13.0 Å². The maximum atomic E-state index is 5.12. The largest absolute Gasteiger partial charge is 0.361 e. The molecule has 0 atom stereocenters. The van der Waals surface area contributed by atoms with Crippen molar-refractivity contribution in [3.05, 3.63) is 33.1 Å². The van der Waals surface area contributed by atoms with Crippen LogP contribution in [0.2, 0.25) is 0 Å². The molecule has 0 aliphatic heterocycles. The van der Waals surface area contributed by atoms with E-state index in [1.54, 1.807) is 11.3 Å². The number of nitrogens with one attached hydrogen (secondary N) is 1. The molecule has 0 bridgehead atoms. The molecule has 0 unspecified atom stereocenters. The molecule has 0 radical (unpaired) electrons. The lowest BCUT2D eigenvalue weighted by Crippen LogP contribution is -2.17. The van der Waals surface area contributed by atoms with Crippen LogP contribution >= 0.6 is 11.3 Å². The van der Waals surface area contributed by atoms with Crippen molar-refractivity contribution < 1.29 is 4.52 Å². The Morgan fingerprint density at radius 3 is 2.71 bits per heavy atom. The lowest BCUT2D eigenvalue weighted by molar-refractivity contribution is 0.392. The van der Waals surface area contributed by atoms with Gasteiger partial charge in [-0.3, -0.25) is 0 Å². The highest BCUT2D eigenvalue weighted by atomic mass is 32.1. The maximum absolute atomic E-state index is 5.12. The van der Waals surface area contributed by atoms with E-state index in [-0.39, 0.29) is 0 Å². The third-order valence-electron chi connectivity index (χ3n) is 2.86. The molecule has 92 valence electrons. The lowest BCUT2D eigenvalue weighted by Gasteiger charge is -2.03. The lowest BCUT2D eigenvalue weighted by atomic mass is 10.2. The Bertz CT molecular complexity index is 470. The van der Waals surface area contributed by atoms with Crippen molar-refractivity contribution in [2.45, 2.75) is 33.7 Å². The summed E-state index contributed by atoms with van der Waals surface area (Å²) in [7, 11) is 0. The van der Waals surface area contributed by atoms with E-state index in [0.29, 0.717) is 0 Å². The van der Waals surface area contributed by atoms with Crippen LogP contribution in [0.3, 0.4) is 0 Å². The van der Waals surface area contributed by atoms with E-state index in [9.17, 15) is 0 Å². The van der Waals surface area contributed by atoms with Crippen LogP contribution in [0.25, 0.3) is 0 Å². The van der Waals surface area contributed by atoms with Gasteiger partial charge in [-0.25, -0.2) is 4.98 Å². The quantitative estimate of drug-likeness (QED) is 0.829. The summed E-state index contributed by atoms with van der Waals surface area (Å²) in [5.41, 5.74) is 5.20. The summed E-state index contributed by atoms with van der Waals surface area (Å²) in [6.45, 7) is 7.75. The molecule has 0 aliphatic rings. The molecule has 0 amide bonds. The zero-order valence-electron chi connectivity index (χ0n) is 10.4. The standard InChI is InChI=1S/C12H17N3OS/c1-8-11(10(3)16-15-8)6-13-5-4-12-9(2)14-7-17-12/h7,13H,4-6H2,1-3H3. The molecule has 0 aliphatic carbocycles. The van der Waals surface area contributed by atoms with Gasteiger partial charge in [-0.1, -0.05) is 5.16 Å². The first-order chi connectivity index (χ1) is 8.18. The average Bonchev–Trinajstić information content (AvgIpc) is 2.84. The zero-order valence-corrected chi connectivity index (χ0v) is 11.2. The highest BCUT2D eigenvalue weighted by Gasteiger charge is 2.08. The molecule has 0 fully saturated rings. The summed E-state index contributed by atoms with van der Waals surface area (Å²) < 4.78 is 5.12. The fourth-order valence-electron chi connectivity index (χ4n) is 1.74. The SMILES string of the molecule is Cc1ncsc1CCNCc1c(C)noc1C. The van der Waals surface area contributed by atoms with Crippen molar-refractivity contribution in [1.29, 1.82) is 0 Å². The van der Waals surface area contributed by atoms with Crippen LogP contribution in [-0.4, -0.2) is 16.7 Å². The molecule has 2 aromatic heterocycles. The van der Waals surface area contributed by atoms with E-state index in [1.165, 1.54) is 10.4 Å². The second kappa shape index (κ2) is 5.42. The van der Waals surface area contributed by atoms with Gasteiger partial charge in [-0.2, -0.15) is 0 Å². The highest BCUT2D eigenvalue weighted by molar-refractivity contribution is 7.09. The van der Waals surface area contributed by atoms with Crippen LogP contribution in [0.5, 0.6) is 0 Å². The molecular formula is C12H17N3OS. The fraction of sp³-hybridized carbons (Fsp3) is 0.500.